The smallest absolute Gasteiger partial charge is 0.416 e. The van der Waals surface area contributed by atoms with E-state index in [0.717, 1.165) is 34.8 Å². The van der Waals surface area contributed by atoms with Gasteiger partial charge in [0.15, 0.2) is 0 Å². The van der Waals surface area contributed by atoms with Gasteiger partial charge in [-0.15, -0.1) is 11.8 Å². The summed E-state index contributed by atoms with van der Waals surface area (Å²) in [4.78, 5) is 1.10. The molecule has 29 heavy (non-hydrogen) atoms. The zero-order chi connectivity index (χ0) is 21.3. The molecule has 0 aliphatic heterocycles. The topological polar surface area (TPSA) is 27.7 Å². The molecule has 0 heterocycles. The monoisotopic (exact) mass is 428 g/mol. The van der Waals surface area contributed by atoms with Crippen LogP contribution in [0.15, 0.2) is 47.4 Å². The molecule has 0 spiro atoms. The number of thioether (sulfide) groups is 1. The number of benzene rings is 2. The molecule has 0 radical (unpaired) electrons. The Hall–Kier alpha value is -1.86. The predicted molar refractivity (Wildman–Crippen MR) is 110 cm³/mol. The SMILES string of the molecule is CCCOc1ccc(SC[C@@H](COc2ccc(C(F)(F)F)cc2)OCC)cc1C. The Bertz CT molecular complexity index is 748. The van der Waals surface area contributed by atoms with Crippen molar-refractivity contribution in [3.63, 3.8) is 0 Å². The minimum absolute atomic E-state index is 0.177. The van der Waals surface area contributed by atoms with Crippen LogP contribution in [-0.4, -0.2) is 31.7 Å². The van der Waals surface area contributed by atoms with Gasteiger partial charge in [0.2, 0.25) is 0 Å². The van der Waals surface area contributed by atoms with Crippen LogP contribution in [-0.2, 0) is 10.9 Å². The fraction of sp³-hybridized carbons (Fsp3) is 0.455. The third kappa shape index (κ3) is 7.82. The number of alkyl halides is 3. The van der Waals surface area contributed by atoms with E-state index in [0.29, 0.717) is 24.7 Å². The lowest BCUT2D eigenvalue weighted by atomic mass is 10.2. The fourth-order valence-electron chi connectivity index (χ4n) is 2.58. The number of halogens is 3. The molecule has 2 rings (SSSR count). The van der Waals surface area contributed by atoms with Crippen molar-refractivity contribution < 1.29 is 27.4 Å². The van der Waals surface area contributed by atoms with Crippen LogP contribution in [0.3, 0.4) is 0 Å². The second-order valence-corrected chi connectivity index (χ2v) is 7.59. The second-order valence-electron chi connectivity index (χ2n) is 6.50. The minimum atomic E-state index is -4.35. The van der Waals surface area contributed by atoms with Gasteiger partial charge in [0.05, 0.1) is 12.2 Å². The van der Waals surface area contributed by atoms with Gasteiger partial charge in [-0.3, -0.25) is 0 Å². The summed E-state index contributed by atoms with van der Waals surface area (Å²) in [5.41, 5.74) is 0.390. The van der Waals surface area contributed by atoms with Crippen molar-refractivity contribution in [2.75, 3.05) is 25.6 Å². The summed E-state index contributed by atoms with van der Waals surface area (Å²) in [5.74, 6) is 1.95. The summed E-state index contributed by atoms with van der Waals surface area (Å²) in [5, 5.41) is 0. The van der Waals surface area contributed by atoms with E-state index >= 15 is 0 Å². The lowest BCUT2D eigenvalue weighted by Gasteiger charge is -2.18. The normalized spacial score (nSPS) is 12.6. The molecule has 2 aromatic rings. The van der Waals surface area contributed by atoms with Gasteiger partial charge in [0.25, 0.3) is 0 Å². The van der Waals surface area contributed by atoms with E-state index in [-0.39, 0.29) is 12.7 Å². The first kappa shape index (κ1) is 23.4. The molecule has 0 fully saturated rings. The van der Waals surface area contributed by atoms with E-state index < -0.39 is 11.7 Å². The van der Waals surface area contributed by atoms with Gasteiger partial charge in [-0.05, 0) is 68.3 Å². The van der Waals surface area contributed by atoms with Crippen LogP contribution in [0.4, 0.5) is 13.2 Å². The Labute approximate surface area is 174 Å². The van der Waals surface area contributed by atoms with Gasteiger partial charge in [-0.25, -0.2) is 0 Å². The van der Waals surface area contributed by atoms with Crippen LogP contribution in [0.2, 0.25) is 0 Å². The minimum Gasteiger partial charge on any atom is -0.493 e. The highest BCUT2D eigenvalue weighted by Crippen LogP contribution is 2.30. The van der Waals surface area contributed by atoms with Crippen LogP contribution in [0.25, 0.3) is 0 Å². The first-order valence-electron chi connectivity index (χ1n) is 9.61. The zero-order valence-corrected chi connectivity index (χ0v) is 17.7. The molecule has 0 unspecified atom stereocenters. The molecule has 3 nitrogen and oxygen atoms in total. The Kier molecular flexibility index (Phi) is 9.17. The molecule has 0 amide bonds. The highest BCUT2D eigenvalue weighted by molar-refractivity contribution is 7.99. The summed E-state index contributed by atoms with van der Waals surface area (Å²) in [6, 6.07) is 10.8. The molecular weight excluding hydrogens is 401 g/mol. The molecule has 0 bridgehead atoms. The van der Waals surface area contributed by atoms with Crippen LogP contribution in [0.5, 0.6) is 11.5 Å². The molecule has 160 valence electrons. The van der Waals surface area contributed by atoms with Crippen molar-refractivity contribution in [2.24, 2.45) is 0 Å². The number of aryl methyl sites for hydroxylation is 1. The quantitative estimate of drug-likeness (QED) is 0.388. The van der Waals surface area contributed by atoms with Gasteiger partial charge in [0.1, 0.15) is 24.2 Å². The maximum atomic E-state index is 12.6. The summed E-state index contributed by atoms with van der Waals surface area (Å²) in [6.07, 6.45) is -3.56. The number of hydrogen-bond donors (Lipinski definition) is 0. The van der Waals surface area contributed by atoms with Crippen molar-refractivity contribution in [1.82, 2.24) is 0 Å². The van der Waals surface area contributed by atoms with Gasteiger partial charge in [-0.1, -0.05) is 6.92 Å². The van der Waals surface area contributed by atoms with E-state index in [1.54, 1.807) is 11.8 Å². The molecule has 0 saturated heterocycles. The van der Waals surface area contributed by atoms with Crippen molar-refractivity contribution in [3.8, 4) is 11.5 Å². The van der Waals surface area contributed by atoms with Crippen molar-refractivity contribution in [3.05, 3.63) is 53.6 Å². The van der Waals surface area contributed by atoms with E-state index in [1.807, 2.05) is 26.0 Å². The molecule has 0 aromatic heterocycles. The van der Waals surface area contributed by atoms with Gasteiger partial charge < -0.3 is 14.2 Å². The summed E-state index contributed by atoms with van der Waals surface area (Å²) >= 11 is 1.65. The highest BCUT2D eigenvalue weighted by atomic mass is 32.2. The average molecular weight is 429 g/mol. The first-order valence-corrected chi connectivity index (χ1v) is 10.6. The Morgan fingerprint density at radius 2 is 1.72 bits per heavy atom. The van der Waals surface area contributed by atoms with Crippen LogP contribution in [0, 0.1) is 6.92 Å². The molecule has 0 aliphatic carbocycles. The maximum absolute atomic E-state index is 12.6. The van der Waals surface area contributed by atoms with Gasteiger partial charge >= 0.3 is 6.18 Å². The zero-order valence-electron chi connectivity index (χ0n) is 16.9. The van der Waals surface area contributed by atoms with E-state index in [2.05, 4.69) is 13.0 Å². The standard InChI is InChI=1S/C22H27F3O3S/c1-4-12-27-21-11-10-20(13-16(21)3)29-15-19(26-5-2)14-28-18-8-6-17(7-9-18)22(23,24)25/h6-11,13,19H,4-5,12,14-15H2,1-3H3/t19-/m1/s1. The molecule has 0 N–H and O–H groups in total. The summed E-state index contributed by atoms with van der Waals surface area (Å²) in [7, 11) is 0. The third-order valence-corrected chi connectivity index (χ3v) is 5.19. The van der Waals surface area contributed by atoms with Gasteiger partial charge in [0, 0.05) is 17.3 Å². The Balaban J connectivity index is 1.89. The Morgan fingerprint density at radius 3 is 2.31 bits per heavy atom. The van der Waals surface area contributed by atoms with Gasteiger partial charge in [-0.2, -0.15) is 13.2 Å². The summed E-state index contributed by atoms with van der Waals surface area (Å²) in [6.45, 7) is 7.48. The number of rotatable bonds is 11. The second kappa shape index (κ2) is 11.4. The molecule has 0 aliphatic rings. The number of ether oxygens (including phenoxy) is 3. The molecular formula is C22H27F3O3S. The molecule has 1 atom stereocenters. The molecule has 0 saturated carbocycles. The molecule has 2 aromatic carbocycles. The van der Waals surface area contributed by atoms with E-state index in [9.17, 15) is 13.2 Å². The van der Waals surface area contributed by atoms with Crippen molar-refractivity contribution in [2.45, 2.75) is 44.4 Å². The van der Waals surface area contributed by atoms with E-state index in [1.165, 1.54) is 12.1 Å². The summed E-state index contributed by atoms with van der Waals surface area (Å²) < 4.78 is 55.0. The maximum Gasteiger partial charge on any atom is 0.416 e. The Morgan fingerprint density at radius 1 is 1.00 bits per heavy atom. The van der Waals surface area contributed by atoms with Crippen LogP contribution >= 0.6 is 11.8 Å². The lowest BCUT2D eigenvalue weighted by Crippen LogP contribution is -2.24. The van der Waals surface area contributed by atoms with Crippen LogP contribution < -0.4 is 9.47 Å². The first-order chi connectivity index (χ1) is 13.8. The van der Waals surface area contributed by atoms with Crippen molar-refractivity contribution >= 4 is 11.8 Å². The molecule has 7 heteroatoms. The highest BCUT2D eigenvalue weighted by Gasteiger charge is 2.30. The largest absolute Gasteiger partial charge is 0.493 e. The third-order valence-electron chi connectivity index (χ3n) is 4.06. The lowest BCUT2D eigenvalue weighted by molar-refractivity contribution is -0.137. The average Bonchev–Trinajstić information content (AvgIpc) is 2.69. The fourth-order valence-corrected chi connectivity index (χ4v) is 3.58. The predicted octanol–water partition coefficient (Wildman–Crippen LogP) is 6.38. The van der Waals surface area contributed by atoms with E-state index in [4.69, 9.17) is 14.2 Å². The van der Waals surface area contributed by atoms with Crippen molar-refractivity contribution in [1.29, 1.82) is 0 Å². The van der Waals surface area contributed by atoms with Crippen LogP contribution in [0.1, 0.15) is 31.4 Å². The number of hydrogen-bond acceptors (Lipinski definition) is 4.